The van der Waals surface area contributed by atoms with Gasteiger partial charge >= 0.3 is 0 Å². The molecule has 7 aromatic carbocycles. The summed E-state index contributed by atoms with van der Waals surface area (Å²) in [6.45, 7) is 4.72. The summed E-state index contributed by atoms with van der Waals surface area (Å²) in [4.78, 5) is 2.42. The van der Waals surface area contributed by atoms with E-state index in [1.54, 1.807) is 0 Å². The van der Waals surface area contributed by atoms with Gasteiger partial charge in [-0.1, -0.05) is 172 Å². The van der Waals surface area contributed by atoms with Crippen LogP contribution in [0.4, 0.5) is 17.1 Å². The average Bonchev–Trinajstić information content (AvgIpc) is 3.66. The highest BCUT2D eigenvalue weighted by atomic mass is 15.1. The van der Waals surface area contributed by atoms with Crippen LogP contribution in [0.25, 0.3) is 27.8 Å². The van der Waals surface area contributed by atoms with E-state index >= 15 is 0 Å². The van der Waals surface area contributed by atoms with Gasteiger partial charge in [0.25, 0.3) is 0 Å². The van der Waals surface area contributed by atoms with Crippen molar-refractivity contribution in [1.82, 2.24) is 0 Å². The van der Waals surface area contributed by atoms with Crippen molar-refractivity contribution in [1.29, 1.82) is 0 Å². The molecule has 3 aliphatic rings. The SMILES string of the molecule is CC1(C)c2ccccc2-c2ccc(N(c3ccc(C4=CC5c6ccccc6C(Cc6ccccc6)C5C=C4)cc3)c3ccc(-c4ccccc4)cc3)cc21. The number of benzene rings is 7. The average molecular weight is 694 g/mol. The Labute approximate surface area is 319 Å². The molecule has 260 valence electrons. The molecule has 1 nitrogen and oxygen atoms in total. The van der Waals surface area contributed by atoms with Gasteiger partial charge in [0, 0.05) is 28.4 Å². The number of hydrogen-bond acceptors (Lipinski definition) is 1. The third kappa shape index (κ3) is 5.46. The van der Waals surface area contributed by atoms with Crippen LogP contribution >= 0.6 is 0 Å². The molecule has 7 aromatic rings. The van der Waals surface area contributed by atoms with Crippen molar-refractivity contribution in [2.24, 2.45) is 5.92 Å². The molecule has 0 saturated carbocycles. The molecule has 0 saturated heterocycles. The maximum Gasteiger partial charge on any atom is 0.0465 e. The van der Waals surface area contributed by atoms with Crippen molar-refractivity contribution in [2.75, 3.05) is 4.90 Å². The molecule has 0 bridgehead atoms. The van der Waals surface area contributed by atoms with Gasteiger partial charge in [0.15, 0.2) is 0 Å². The van der Waals surface area contributed by atoms with Crippen LogP contribution in [-0.2, 0) is 11.8 Å². The molecule has 0 N–H and O–H groups in total. The molecule has 0 spiro atoms. The number of allylic oxidation sites excluding steroid dienone is 4. The van der Waals surface area contributed by atoms with Gasteiger partial charge in [-0.15, -0.1) is 0 Å². The zero-order valence-corrected chi connectivity index (χ0v) is 30.9. The fourth-order valence-corrected chi connectivity index (χ4v) is 9.56. The third-order valence-corrected chi connectivity index (χ3v) is 12.3. The Hall–Kier alpha value is -6.18. The first-order valence-electron chi connectivity index (χ1n) is 19.4. The molecular formula is C53H43N. The van der Waals surface area contributed by atoms with Gasteiger partial charge in [0.05, 0.1) is 0 Å². The van der Waals surface area contributed by atoms with Gasteiger partial charge < -0.3 is 4.90 Å². The summed E-state index contributed by atoms with van der Waals surface area (Å²) >= 11 is 0. The van der Waals surface area contributed by atoms with Crippen LogP contribution < -0.4 is 4.90 Å². The first-order chi connectivity index (χ1) is 26.5. The zero-order valence-electron chi connectivity index (χ0n) is 30.9. The highest BCUT2D eigenvalue weighted by Gasteiger charge is 2.39. The number of rotatable bonds is 7. The lowest BCUT2D eigenvalue weighted by molar-refractivity contribution is 0.509. The minimum absolute atomic E-state index is 0.0781. The van der Waals surface area contributed by atoms with Crippen LogP contribution in [0.15, 0.2) is 194 Å². The van der Waals surface area contributed by atoms with E-state index in [0.717, 1.165) is 17.8 Å². The van der Waals surface area contributed by atoms with E-state index in [0.29, 0.717) is 17.8 Å². The topological polar surface area (TPSA) is 3.24 Å². The number of hydrogen-bond donors (Lipinski definition) is 0. The lowest BCUT2D eigenvalue weighted by atomic mass is 9.79. The van der Waals surface area contributed by atoms with Crippen LogP contribution in [0.1, 0.15) is 59.1 Å². The summed E-state index contributed by atoms with van der Waals surface area (Å²) in [6, 6.07) is 64.9. The molecule has 3 unspecified atom stereocenters. The van der Waals surface area contributed by atoms with E-state index < -0.39 is 0 Å². The second-order valence-corrected chi connectivity index (χ2v) is 15.7. The van der Waals surface area contributed by atoms with Crippen molar-refractivity contribution in [3.63, 3.8) is 0 Å². The molecule has 3 atom stereocenters. The molecule has 0 radical (unpaired) electrons. The highest BCUT2D eigenvalue weighted by molar-refractivity contribution is 5.86. The normalized spacial score (nSPS) is 18.6. The van der Waals surface area contributed by atoms with Gasteiger partial charge in [-0.25, -0.2) is 0 Å². The summed E-state index contributed by atoms with van der Waals surface area (Å²) < 4.78 is 0. The molecule has 3 aliphatic carbocycles. The maximum absolute atomic E-state index is 2.53. The van der Waals surface area contributed by atoms with Gasteiger partial charge in [-0.3, -0.25) is 0 Å². The van der Waals surface area contributed by atoms with Crippen LogP contribution in [0.2, 0.25) is 0 Å². The maximum atomic E-state index is 2.53. The highest BCUT2D eigenvalue weighted by Crippen LogP contribution is 2.53. The molecule has 1 heteroatoms. The fraction of sp³-hybridized carbons (Fsp3) is 0.132. The van der Waals surface area contributed by atoms with Crippen molar-refractivity contribution in [3.8, 4) is 22.3 Å². The monoisotopic (exact) mass is 693 g/mol. The number of fused-ring (bicyclic) bond motifs is 6. The summed E-state index contributed by atoms with van der Waals surface area (Å²) in [5.74, 6) is 1.33. The Kier molecular flexibility index (Phi) is 7.84. The zero-order chi connectivity index (χ0) is 36.2. The Balaban J connectivity index is 1.01. The lowest BCUT2D eigenvalue weighted by Gasteiger charge is -2.28. The van der Waals surface area contributed by atoms with Crippen LogP contribution in [0.3, 0.4) is 0 Å². The summed E-state index contributed by atoms with van der Waals surface area (Å²) in [5, 5.41) is 0. The molecule has 0 amide bonds. The first-order valence-corrected chi connectivity index (χ1v) is 19.4. The quantitative estimate of drug-likeness (QED) is 0.161. The molecular weight excluding hydrogens is 651 g/mol. The van der Waals surface area contributed by atoms with Gasteiger partial charge in [-0.2, -0.15) is 0 Å². The van der Waals surface area contributed by atoms with Crippen LogP contribution in [0, 0.1) is 5.92 Å². The number of nitrogens with zero attached hydrogens (tertiary/aromatic N) is 1. The minimum Gasteiger partial charge on any atom is -0.310 e. The Morgan fingerprint density at radius 1 is 0.500 bits per heavy atom. The van der Waals surface area contributed by atoms with E-state index in [1.807, 2.05) is 0 Å². The first kappa shape index (κ1) is 32.5. The molecule has 10 rings (SSSR count). The molecule has 0 fully saturated rings. The summed E-state index contributed by atoms with van der Waals surface area (Å²) in [6.07, 6.45) is 8.46. The number of anilines is 3. The molecule has 0 aromatic heterocycles. The summed E-state index contributed by atoms with van der Waals surface area (Å²) in [7, 11) is 0. The van der Waals surface area contributed by atoms with Crippen LogP contribution in [0.5, 0.6) is 0 Å². The molecule has 0 aliphatic heterocycles. The minimum atomic E-state index is -0.0781. The Morgan fingerprint density at radius 2 is 1.07 bits per heavy atom. The van der Waals surface area contributed by atoms with Gasteiger partial charge in [0.1, 0.15) is 0 Å². The second-order valence-electron chi connectivity index (χ2n) is 15.7. The largest absolute Gasteiger partial charge is 0.310 e. The standard InChI is InChI=1S/C53H43N/c1-53(2)51-20-12-11-19-47(51)48-32-30-43(35-52(48)53)54(41-26-21-38(22-27-41)37-15-7-4-8-16-37)42-28-23-39(24-29-42)40-25-31-46-49(33-36-13-5-3-6-14-36)44-17-9-10-18-45(44)50(46)34-40/h3-32,34-35,46,49-50H,33H2,1-2H3. The lowest BCUT2D eigenvalue weighted by Crippen LogP contribution is -2.16. The smallest absolute Gasteiger partial charge is 0.0465 e. The van der Waals surface area contributed by atoms with Gasteiger partial charge in [-0.05, 0) is 116 Å². The van der Waals surface area contributed by atoms with E-state index in [1.165, 1.54) is 66.9 Å². The van der Waals surface area contributed by atoms with Crippen molar-refractivity contribution in [2.45, 2.75) is 37.5 Å². The summed E-state index contributed by atoms with van der Waals surface area (Å²) in [5.41, 5.74) is 18.2. The van der Waals surface area contributed by atoms with Crippen molar-refractivity contribution < 1.29 is 0 Å². The molecule has 54 heavy (non-hydrogen) atoms. The third-order valence-electron chi connectivity index (χ3n) is 12.3. The molecule has 0 heterocycles. The van der Waals surface area contributed by atoms with Gasteiger partial charge in [0.2, 0.25) is 0 Å². The second kappa shape index (κ2) is 13.0. The van der Waals surface area contributed by atoms with E-state index in [2.05, 4.69) is 213 Å². The predicted molar refractivity (Wildman–Crippen MR) is 227 cm³/mol. The van der Waals surface area contributed by atoms with Crippen molar-refractivity contribution in [3.05, 3.63) is 228 Å². The van der Waals surface area contributed by atoms with Crippen molar-refractivity contribution >= 4 is 22.6 Å². The van der Waals surface area contributed by atoms with E-state index in [4.69, 9.17) is 0 Å². The van der Waals surface area contributed by atoms with E-state index in [9.17, 15) is 0 Å². The Bertz CT molecular complexity index is 2540. The van der Waals surface area contributed by atoms with Crippen LogP contribution in [-0.4, -0.2) is 0 Å². The fourth-order valence-electron chi connectivity index (χ4n) is 9.56. The van der Waals surface area contributed by atoms with E-state index in [-0.39, 0.29) is 5.41 Å². The predicted octanol–water partition coefficient (Wildman–Crippen LogP) is 13.8. The Morgan fingerprint density at radius 3 is 1.81 bits per heavy atom.